The molecule has 1 aliphatic rings. The van der Waals surface area contributed by atoms with Gasteiger partial charge < -0.3 is 5.32 Å². The summed E-state index contributed by atoms with van der Waals surface area (Å²) in [6, 6.07) is 12.5. The molecule has 0 bridgehead atoms. The van der Waals surface area contributed by atoms with Crippen molar-refractivity contribution in [1.82, 2.24) is 4.98 Å². The number of anilines is 1. The molecule has 0 atom stereocenters. The molecule has 2 aromatic rings. The first-order valence-electron chi connectivity index (χ1n) is 6.45. The van der Waals surface area contributed by atoms with Gasteiger partial charge in [0.05, 0.1) is 5.52 Å². The second-order valence-corrected chi connectivity index (χ2v) is 5.00. The molecule has 1 aromatic carbocycles. The normalized spacial score (nSPS) is 17.7. The molecule has 1 fully saturated rings. The van der Waals surface area contributed by atoms with E-state index in [2.05, 4.69) is 47.6 Å². The van der Waals surface area contributed by atoms with E-state index in [9.17, 15) is 0 Å². The summed E-state index contributed by atoms with van der Waals surface area (Å²) in [6.45, 7) is 2.26. The molecule has 88 valence electrons. The number of benzene rings is 1. The number of hydrogen-bond acceptors (Lipinski definition) is 2. The van der Waals surface area contributed by atoms with E-state index in [4.69, 9.17) is 0 Å². The lowest BCUT2D eigenvalue weighted by molar-refractivity contribution is 0.269. The van der Waals surface area contributed by atoms with Crippen molar-refractivity contribution in [2.24, 2.45) is 0 Å². The lowest BCUT2D eigenvalue weighted by Crippen LogP contribution is -2.44. The van der Waals surface area contributed by atoms with Gasteiger partial charge in [-0.1, -0.05) is 25.1 Å². The van der Waals surface area contributed by atoms with Crippen LogP contribution < -0.4 is 5.32 Å². The Balaban J connectivity index is 1.90. The Kier molecular flexibility index (Phi) is 2.50. The topological polar surface area (TPSA) is 24.9 Å². The van der Waals surface area contributed by atoms with Crippen molar-refractivity contribution in [3.63, 3.8) is 0 Å². The van der Waals surface area contributed by atoms with Crippen LogP contribution in [0.4, 0.5) is 5.82 Å². The third-order valence-corrected chi connectivity index (χ3v) is 3.98. The largest absolute Gasteiger partial charge is 0.365 e. The molecule has 1 heterocycles. The van der Waals surface area contributed by atoms with Crippen LogP contribution in [0.5, 0.6) is 0 Å². The first-order chi connectivity index (χ1) is 8.31. The molecule has 2 heteroatoms. The third-order valence-electron chi connectivity index (χ3n) is 3.98. The minimum atomic E-state index is 0.315. The number of fused-ring (bicyclic) bond motifs is 1. The highest BCUT2D eigenvalue weighted by Crippen LogP contribution is 2.37. The highest BCUT2D eigenvalue weighted by Gasteiger charge is 2.35. The Morgan fingerprint density at radius 2 is 2.00 bits per heavy atom. The van der Waals surface area contributed by atoms with Crippen molar-refractivity contribution in [2.45, 2.75) is 38.1 Å². The SMILES string of the molecule is CCC1(Nc2ccc3ccccc3n2)CCC1. The predicted octanol–water partition coefficient (Wildman–Crippen LogP) is 3.98. The Morgan fingerprint density at radius 3 is 2.71 bits per heavy atom. The highest BCUT2D eigenvalue weighted by molar-refractivity contribution is 5.80. The maximum absolute atomic E-state index is 4.68. The fourth-order valence-corrected chi connectivity index (χ4v) is 2.58. The smallest absolute Gasteiger partial charge is 0.127 e. The van der Waals surface area contributed by atoms with Crippen molar-refractivity contribution in [1.29, 1.82) is 0 Å². The molecule has 17 heavy (non-hydrogen) atoms. The van der Waals surface area contributed by atoms with Gasteiger partial charge in [-0.3, -0.25) is 0 Å². The third kappa shape index (κ3) is 1.88. The first kappa shape index (κ1) is 10.6. The number of nitrogens with zero attached hydrogens (tertiary/aromatic N) is 1. The van der Waals surface area contributed by atoms with Crippen LogP contribution in [0.1, 0.15) is 32.6 Å². The van der Waals surface area contributed by atoms with Crippen LogP contribution in [0.15, 0.2) is 36.4 Å². The Labute approximate surface area is 102 Å². The van der Waals surface area contributed by atoms with Crippen LogP contribution in [0.25, 0.3) is 10.9 Å². The van der Waals surface area contributed by atoms with Crippen molar-refractivity contribution in [3.8, 4) is 0 Å². The molecular weight excluding hydrogens is 208 g/mol. The molecule has 1 aromatic heterocycles. The molecule has 0 unspecified atom stereocenters. The average molecular weight is 226 g/mol. The zero-order valence-electron chi connectivity index (χ0n) is 10.2. The van der Waals surface area contributed by atoms with E-state index in [0.717, 1.165) is 11.3 Å². The van der Waals surface area contributed by atoms with E-state index in [1.165, 1.54) is 31.1 Å². The molecular formula is C15H18N2. The zero-order chi connectivity index (χ0) is 11.7. The number of para-hydroxylation sites is 1. The summed E-state index contributed by atoms with van der Waals surface area (Å²) in [5, 5.41) is 4.83. The molecule has 1 N–H and O–H groups in total. The van der Waals surface area contributed by atoms with Crippen LogP contribution in [0.2, 0.25) is 0 Å². The maximum atomic E-state index is 4.68. The quantitative estimate of drug-likeness (QED) is 0.856. The van der Waals surface area contributed by atoms with Crippen molar-refractivity contribution in [2.75, 3.05) is 5.32 Å². The summed E-state index contributed by atoms with van der Waals surface area (Å²) in [6.07, 6.45) is 5.08. The Hall–Kier alpha value is -1.57. The molecule has 0 amide bonds. The zero-order valence-corrected chi connectivity index (χ0v) is 10.2. The summed E-state index contributed by atoms with van der Waals surface area (Å²) in [5.41, 5.74) is 1.39. The van der Waals surface area contributed by atoms with Crippen molar-refractivity contribution >= 4 is 16.7 Å². The molecule has 3 rings (SSSR count). The highest BCUT2D eigenvalue weighted by atomic mass is 15.1. The Morgan fingerprint density at radius 1 is 1.18 bits per heavy atom. The number of pyridine rings is 1. The summed E-state index contributed by atoms with van der Waals surface area (Å²) in [7, 11) is 0. The van der Waals surface area contributed by atoms with Crippen LogP contribution in [-0.4, -0.2) is 10.5 Å². The van der Waals surface area contributed by atoms with Gasteiger partial charge >= 0.3 is 0 Å². The number of hydrogen-bond donors (Lipinski definition) is 1. The van der Waals surface area contributed by atoms with Gasteiger partial charge in [0.1, 0.15) is 5.82 Å². The number of nitrogens with one attached hydrogen (secondary N) is 1. The van der Waals surface area contributed by atoms with Crippen LogP contribution in [0.3, 0.4) is 0 Å². The van der Waals surface area contributed by atoms with Crippen molar-refractivity contribution in [3.05, 3.63) is 36.4 Å². The van der Waals surface area contributed by atoms with Crippen molar-refractivity contribution < 1.29 is 0 Å². The molecule has 0 aliphatic heterocycles. The van der Waals surface area contributed by atoms with E-state index in [1.807, 2.05) is 6.07 Å². The first-order valence-corrected chi connectivity index (χ1v) is 6.45. The summed E-state index contributed by atoms with van der Waals surface area (Å²) in [4.78, 5) is 4.68. The molecule has 0 radical (unpaired) electrons. The molecule has 1 aliphatic carbocycles. The monoisotopic (exact) mass is 226 g/mol. The van der Waals surface area contributed by atoms with E-state index < -0.39 is 0 Å². The number of rotatable bonds is 3. The molecule has 0 spiro atoms. The lowest BCUT2D eigenvalue weighted by Gasteiger charge is -2.42. The van der Waals surface area contributed by atoms with E-state index >= 15 is 0 Å². The lowest BCUT2D eigenvalue weighted by atomic mass is 9.75. The second-order valence-electron chi connectivity index (χ2n) is 5.00. The van der Waals surface area contributed by atoms with Gasteiger partial charge in [-0.15, -0.1) is 0 Å². The Bertz CT molecular complexity index is 524. The van der Waals surface area contributed by atoms with E-state index in [0.29, 0.717) is 5.54 Å². The standard InChI is InChI=1S/C15H18N2/c1-2-15(10-5-11-15)17-14-9-8-12-6-3-4-7-13(12)16-14/h3-4,6-9H,2,5,10-11H2,1H3,(H,16,17). The van der Waals surface area contributed by atoms with Crippen LogP contribution in [0, 0.1) is 0 Å². The minimum Gasteiger partial charge on any atom is -0.365 e. The second kappa shape index (κ2) is 4.02. The van der Waals surface area contributed by atoms with E-state index in [-0.39, 0.29) is 0 Å². The van der Waals surface area contributed by atoms with Crippen LogP contribution in [-0.2, 0) is 0 Å². The summed E-state index contributed by atoms with van der Waals surface area (Å²) < 4.78 is 0. The maximum Gasteiger partial charge on any atom is 0.127 e. The summed E-state index contributed by atoms with van der Waals surface area (Å²) in [5.74, 6) is 1.02. The van der Waals surface area contributed by atoms with Gasteiger partial charge in [0, 0.05) is 10.9 Å². The fraction of sp³-hybridized carbons (Fsp3) is 0.400. The van der Waals surface area contributed by atoms with Crippen LogP contribution >= 0.6 is 0 Å². The van der Waals surface area contributed by atoms with Gasteiger partial charge in [-0.25, -0.2) is 4.98 Å². The average Bonchev–Trinajstić information content (AvgIpc) is 2.34. The fourth-order valence-electron chi connectivity index (χ4n) is 2.58. The van der Waals surface area contributed by atoms with Gasteiger partial charge in [0.15, 0.2) is 0 Å². The minimum absolute atomic E-state index is 0.315. The molecule has 1 saturated carbocycles. The van der Waals surface area contributed by atoms with Gasteiger partial charge in [-0.05, 0) is 43.9 Å². The van der Waals surface area contributed by atoms with Gasteiger partial charge in [0.25, 0.3) is 0 Å². The van der Waals surface area contributed by atoms with E-state index in [1.54, 1.807) is 0 Å². The van der Waals surface area contributed by atoms with Gasteiger partial charge in [0.2, 0.25) is 0 Å². The summed E-state index contributed by atoms with van der Waals surface area (Å²) >= 11 is 0. The predicted molar refractivity (Wildman–Crippen MR) is 72.2 cm³/mol. The molecule has 0 saturated heterocycles. The molecule has 2 nitrogen and oxygen atoms in total. The number of aromatic nitrogens is 1. The van der Waals surface area contributed by atoms with Gasteiger partial charge in [-0.2, -0.15) is 0 Å².